The highest BCUT2D eigenvalue weighted by atomic mass is 19.1. The summed E-state index contributed by atoms with van der Waals surface area (Å²) in [6, 6.07) is 11.2. The van der Waals surface area contributed by atoms with Gasteiger partial charge >= 0.3 is 6.09 Å². The SMILES string of the molecule is Nc1cc(C=CCNC(=O)OCc2ccccc2)c(F)cc1F. The van der Waals surface area contributed by atoms with E-state index in [2.05, 4.69) is 5.32 Å². The molecule has 0 aliphatic carbocycles. The van der Waals surface area contributed by atoms with Gasteiger partial charge in [0.2, 0.25) is 0 Å². The number of nitrogens with two attached hydrogens (primary N) is 1. The van der Waals surface area contributed by atoms with E-state index in [0.717, 1.165) is 11.6 Å². The number of alkyl carbamates (subject to hydrolysis) is 1. The molecule has 0 saturated heterocycles. The van der Waals surface area contributed by atoms with Gasteiger partial charge in [-0.15, -0.1) is 0 Å². The fraction of sp³-hybridized carbons (Fsp3) is 0.118. The molecule has 2 aromatic carbocycles. The number of amides is 1. The summed E-state index contributed by atoms with van der Waals surface area (Å²) in [6.07, 6.45) is 2.33. The zero-order valence-corrected chi connectivity index (χ0v) is 12.3. The van der Waals surface area contributed by atoms with E-state index in [4.69, 9.17) is 10.5 Å². The molecule has 1 amide bonds. The number of halogens is 2. The monoisotopic (exact) mass is 318 g/mol. The van der Waals surface area contributed by atoms with E-state index in [0.29, 0.717) is 0 Å². The van der Waals surface area contributed by atoms with Gasteiger partial charge in [0.1, 0.15) is 18.2 Å². The number of anilines is 1. The number of carbonyl (C=O) groups is 1. The van der Waals surface area contributed by atoms with Crippen LogP contribution >= 0.6 is 0 Å². The molecule has 0 aliphatic rings. The second kappa shape index (κ2) is 7.93. The third kappa shape index (κ3) is 5.10. The zero-order chi connectivity index (χ0) is 16.7. The molecule has 0 atom stereocenters. The largest absolute Gasteiger partial charge is 0.445 e. The van der Waals surface area contributed by atoms with Gasteiger partial charge in [-0.3, -0.25) is 0 Å². The average molecular weight is 318 g/mol. The van der Waals surface area contributed by atoms with Crippen molar-refractivity contribution in [3.8, 4) is 0 Å². The van der Waals surface area contributed by atoms with Gasteiger partial charge in [-0.1, -0.05) is 42.5 Å². The molecule has 0 aromatic heterocycles. The number of carbonyl (C=O) groups excluding carboxylic acids is 1. The lowest BCUT2D eigenvalue weighted by Crippen LogP contribution is -2.24. The van der Waals surface area contributed by atoms with E-state index in [9.17, 15) is 13.6 Å². The highest BCUT2D eigenvalue weighted by Gasteiger charge is 2.05. The molecule has 3 N–H and O–H groups in total. The van der Waals surface area contributed by atoms with Crippen LogP contribution in [-0.2, 0) is 11.3 Å². The minimum Gasteiger partial charge on any atom is -0.445 e. The summed E-state index contributed by atoms with van der Waals surface area (Å²) in [5.41, 5.74) is 6.25. The van der Waals surface area contributed by atoms with Crippen molar-refractivity contribution in [3.63, 3.8) is 0 Å². The molecular weight excluding hydrogens is 302 g/mol. The molecule has 2 aromatic rings. The Labute approximate surface area is 132 Å². The Morgan fingerprint density at radius 3 is 2.65 bits per heavy atom. The fourth-order valence-corrected chi connectivity index (χ4v) is 1.81. The quantitative estimate of drug-likeness (QED) is 0.830. The first-order valence-electron chi connectivity index (χ1n) is 6.92. The number of ether oxygens (including phenoxy) is 1. The van der Waals surface area contributed by atoms with Gasteiger partial charge in [0, 0.05) is 18.2 Å². The van der Waals surface area contributed by atoms with Gasteiger partial charge in [0.25, 0.3) is 0 Å². The first-order valence-corrected chi connectivity index (χ1v) is 6.92. The van der Waals surface area contributed by atoms with Crippen molar-refractivity contribution in [2.24, 2.45) is 0 Å². The molecule has 23 heavy (non-hydrogen) atoms. The van der Waals surface area contributed by atoms with Crippen LogP contribution in [0, 0.1) is 11.6 Å². The Morgan fingerprint density at radius 1 is 1.17 bits per heavy atom. The Kier molecular flexibility index (Phi) is 5.68. The van der Waals surface area contributed by atoms with E-state index in [1.807, 2.05) is 30.3 Å². The maximum absolute atomic E-state index is 13.5. The molecule has 0 radical (unpaired) electrons. The number of hydrogen-bond acceptors (Lipinski definition) is 3. The van der Waals surface area contributed by atoms with Crippen LogP contribution in [0.15, 0.2) is 48.5 Å². The molecule has 0 heterocycles. The van der Waals surface area contributed by atoms with Gasteiger partial charge < -0.3 is 15.8 Å². The lowest BCUT2D eigenvalue weighted by Gasteiger charge is -2.05. The van der Waals surface area contributed by atoms with Crippen molar-refractivity contribution >= 4 is 17.9 Å². The lowest BCUT2D eigenvalue weighted by molar-refractivity contribution is 0.141. The van der Waals surface area contributed by atoms with Crippen molar-refractivity contribution in [1.29, 1.82) is 0 Å². The third-order valence-electron chi connectivity index (χ3n) is 2.99. The van der Waals surface area contributed by atoms with Crippen LogP contribution in [0.1, 0.15) is 11.1 Å². The van der Waals surface area contributed by atoms with Crippen LogP contribution in [0.2, 0.25) is 0 Å². The maximum atomic E-state index is 13.5. The normalized spacial score (nSPS) is 10.7. The Balaban J connectivity index is 1.78. The van der Waals surface area contributed by atoms with Gasteiger partial charge in [0.15, 0.2) is 0 Å². The van der Waals surface area contributed by atoms with Crippen molar-refractivity contribution in [3.05, 3.63) is 71.3 Å². The van der Waals surface area contributed by atoms with Crippen LogP contribution in [0.25, 0.3) is 6.08 Å². The van der Waals surface area contributed by atoms with Gasteiger partial charge in [0.05, 0.1) is 5.69 Å². The summed E-state index contributed by atoms with van der Waals surface area (Å²) >= 11 is 0. The molecule has 0 fully saturated rings. The summed E-state index contributed by atoms with van der Waals surface area (Å²) in [4.78, 5) is 11.5. The highest BCUT2D eigenvalue weighted by Crippen LogP contribution is 2.17. The molecule has 6 heteroatoms. The minimum absolute atomic E-state index is 0.138. The predicted molar refractivity (Wildman–Crippen MR) is 84.4 cm³/mol. The Bertz CT molecular complexity index is 703. The number of benzene rings is 2. The van der Waals surface area contributed by atoms with Crippen LogP contribution in [0.4, 0.5) is 19.3 Å². The Morgan fingerprint density at radius 2 is 1.91 bits per heavy atom. The van der Waals surface area contributed by atoms with Crippen LogP contribution in [-0.4, -0.2) is 12.6 Å². The minimum atomic E-state index is -0.803. The molecule has 0 saturated carbocycles. The lowest BCUT2D eigenvalue weighted by atomic mass is 10.1. The van der Waals surface area contributed by atoms with Crippen molar-refractivity contribution in [2.75, 3.05) is 12.3 Å². The zero-order valence-electron chi connectivity index (χ0n) is 12.3. The number of rotatable bonds is 5. The Hall–Kier alpha value is -2.89. The molecule has 0 bridgehead atoms. The number of hydrogen-bond donors (Lipinski definition) is 2. The molecule has 0 aliphatic heterocycles. The van der Waals surface area contributed by atoms with Crippen molar-refractivity contribution < 1.29 is 18.3 Å². The fourth-order valence-electron chi connectivity index (χ4n) is 1.81. The van der Waals surface area contributed by atoms with Crippen molar-refractivity contribution in [2.45, 2.75) is 6.61 Å². The highest BCUT2D eigenvalue weighted by molar-refractivity contribution is 5.67. The standard InChI is InChI=1S/C17H16F2N2O2/c18-14-10-15(19)16(20)9-13(14)7-4-8-21-17(22)23-11-12-5-2-1-3-6-12/h1-7,9-10H,8,11,20H2,(H,21,22). The maximum Gasteiger partial charge on any atom is 0.407 e. The van der Waals surface area contributed by atoms with E-state index in [-0.39, 0.29) is 24.4 Å². The molecule has 0 spiro atoms. The first-order chi connectivity index (χ1) is 11.1. The number of nitrogen functional groups attached to an aromatic ring is 1. The summed E-state index contributed by atoms with van der Waals surface area (Å²) in [7, 11) is 0. The predicted octanol–water partition coefficient (Wildman–Crippen LogP) is 3.49. The third-order valence-corrected chi connectivity index (χ3v) is 2.99. The van der Waals surface area contributed by atoms with Gasteiger partial charge in [-0.05, 0) is 11.6 Å². The average Bonchev–Trinajstić information content (AvgIpc) is 2.55. The van der Waals surface area contributed by atoms with Gasteiger partial charge in [-0.2, -0.15) is 0 Å². The summed E-state index contributed by atoms with van der Waals surface area (Å²) in [5.74, 6) is -1.53. The second-order valence-corrected chi connectivity index (χ2v) is 4.74. The van der Waals surface area contributed by atoms with Crippen molar-refractivity contribution in [1.82, 2.24) is 5.32 Å². The second-order valence-electron chi connectivity index (χ2n) is 4.74. The van der Waals surface area contributed by atoms with Gasteiger partial charge in [-0.25, -0.2) is 13.6 Å². The summed E-state index contributed by atoms with van der Waals surface area (Å²) in [6.45, 7) is 0.309. The molecule has 2 rings (SSSR count). The van der Waals surface area contributed by atoms with E-state index in [1.165, 1.54) is 18.2 Å². The van der Waals surface area contributed by atoms with E-state index >= 15 is 0 Å². The number of nitrogens with one attached hydrogen (secondary N) is 1. The van der Waals surface area contributed by atoms with Crippen LogP contribution < -0.4 is 11.1 Å². The molecular formula is C17H16F2N2O2. The summed E-state index contributed by atoms with van der Waals surface area (Å²) < 4.78 is 31.5. The van der Waals surface area contributed by atoms with Crippen LogP contribution in [0.3, 0.4) is 0 Å². The molecule has 4 nitrogen and oxygen atoms in total. The first kappa shape index (κ1) is 16.5. The topological polar surface area (TPSA) is 64.3 Å². The van der Waals surface area contributed by atoms with Crippen LogP contribution in [0.5, 0.6) is 0 Å². The van der Waals surface area contributed by atoms with E-state index < -0.39 is 17.7 Å². The molecule has 120 valence electrons. The summed E-state index contributed by atoms with van der Waals surface area (Å²) in [5, 5.41) is 2.49. The molecule has 0 unspecified atom stereocenters. The van der Waals surface area contributed by atoms with E-state index in [1.54, 1.807) is 0 Å². The smallest absolute Gasteiger partial charge is 0.407 e.